The summed E-state index contributed by atoms with van der Waals surface area (Å²) in [4.78, 5) is 28.0. The molecule has 8 heteroatoms. The molecule has 0 saturated heterocycles. The molecule has 2 aromatic rings. The van der Waals surface area contributed by atoms with Gasteiger partial charge in [0.2, 0.25) is 11.8 Å². The molecular formula is C25H32Cl2N2O3S. The topological polar surface area (TPSA) is 58.6 Å². The van der Waals surface area contributed by atoms with E-state index in [2.05, 4.69) is 5.32 Å². The van der Waals surface area contributed by atoms with Gasteiger partial charge in [0.1, 0.15) is 11.8 Å². The van der Waals surface area contributed by atoms with Crippen molar-refractivity contribution in [2.45, 2.75) is 58.0 Å². The molecule has 0 bridgehead atoms. The highest BCUT2D eigenvalue weighted by Gasteiger charge is 2.29. The Morgan fingerprint density at radius 1 is 1.06 bits per heavy atom. The summed E-state index contributed by atoms with van der Waals surface area (Å²) >= 11 is 13.6. The summed E-state index contributed by atoms with van der Waals surface area (Å²) in [7, 11) is 1.61. The van der Waals surface area contributed by atoms with Crippen LogP contribution in [0.5, 0.6) is 5.75 Å². The van der Waals surface area contributed by atoms with Gasteiger partial charge >= 0.3 is 0 Å². The van der Waals surface area contributed by atoms with E-state index in [0.29, 0.717) is 34.5 Å². The van der Waals surface area contributed by atoms with Gasteiger partial charge in [-0.3, -0.25) is 9.59 Å². The Balaban J connectivity index is 2.17. The van der Waals surface area contributed by atoms with Crippen LogP contribution in [-0.4, -0.2) is 41.7 Å². The molecule has 0 aromatic heterocycles. The van der Waals surface area contributed by atoms with Crippen molar-refractivity contribution in [2.75, 3.05) is 12.9 Å². The van der Waals surface area contributed by atoms with Gasteiger partial charge in [0.15, 0.2) is 0 Å². The highest BCUT2D eigenvalue weighted by Crippen LogP contribution is 2.25. The lowest BCUT2D eigenvalue weighted by Gasteiger charge is -2.31. The number of amides is 2. The third-order valence-corrected chi connectivity index (χ3v) is 7.08. The molecule has 0 radical (unpaired) electrons. The van der Waals surface area contributed by atoms with Crippen molar-refractivity contribution < 1.29 is 14.3 Å². The number of nitrogens with zero attached hydrogens (tertiary/aromatic N) is 1. The molecule has 33 heavy (non-hydrogen) atoms. The van der Waals surface area contributed by atoms with Crippen LogP contribution < -0.4 is 10.1 Å². The highest BCUT2D eigenvalue weighted by molar-refractivity contribution is 7.99. The van der Waals surface area contributed by atoms with Crippen LogP contribution >= 0.6 is 35.0 Å². The number of methoxy groups -OCH3 is 1. The molecular weight excluding hydrogens is 479 g/mol. The van der Waals surface area contributed by atoms with Crippen LogP contribution in [0.25, 0.3) is 0 Å². The standard InChI is InChI=1S/C25H32Cl2N2O3S/c1-5-17(3)28-25(31)23(6-2)29(14-18-8-7-9-20(12-18)32-4)24(30)16-33-15-19-10-11-21(26)22(27)13-19/h7-13,17,23H,5-6,14-16H2,1-4H3,(H,28,31)/t17-,23+/m1/s1. The Bertz CT molecular complexity index is 942. The van der Waals surface area contributed by atoms with Gasteiger partial charge in [-0.05, 0) is 55.2 Å². The van der Waals surface area contributed by atoms with Crippen molar-refractivity contribution in [3.63, 3.8) is 0 Å². The van der Waals surface area contributed by atoms with Crippen molar-refractivity contribution in [3.8, 4) is 5.75 Å². The molecule has 0 fully saturated rings. The predicted octanol–water partition coefficient (Wildman–Crippen LogP) is 5.96. The van der Waals surface area contributed by atoms with Gasteiger partial charge in [-0.2, -0.15) is 0 Å². The summed E-state index contributed by atoms with van der Waals surface area (Å²) in [6.07, 6.45) is 1.35. The van der Waals surface area contributed by atoms with Crippen LogP contribution in [0.3, 0.4) is 0 Å². The summed E-state index contributed by atoms with van der Waals surface area (Å²) in [5.41, 5.74) is 1.90. The van der Waals surface area contributed by atoms with E-state index >= 15 is 0 Å². The zero-order chi connectivity index (χ0) is 24.4. The molecule has 0 aliphatic carbocycles. The number of nitrogens with one attached hydrogen (secondary N) is 1. The largest absolute Gasteiger partial charge is 0.497 e. The van der Waals surface area contributed by atoms with Crippen molar-refractivity contribution in [1.82, 2.24) is 10.2 Å². The zero-order valence-electron chi connectivity index (χ0n) is 19.6. The van der Waals surface area contributed by atoms with Crippen molar-refractivity contribution in [3.05, 3.63) is 63.6 Å². The number of carbonyl (C=O) groups excluding carboxylic acids is 2. The molecule has 1 N–H and O–H groups in total. The van der Waals surface area contributed by atoms with Crippen molar-refractivity contribution >= 4 is 46.8 Å². The van der Waals surface area contributed by atoms with Crippen molar-refractivity contribution in [1.29, 1.82) is 0 Å². The molecule has 0 unspecified atom stereocenters. The molecule has 2 atom stereocenters. The zero-order valence-corrected chi connectivity index (χ0v) is 21.9. The number of thioether (sulfide) groups is 1. The first kappa shape index (κ1) is 27.4. The van der Waals surface area contributed by atoms with Gasteiger partial charge in [0, 0.05) is 18.3 Å². The van der Waals surface area contributed by atoms with Gasteiger partial charge in [-0.1, -0.05) is 55.2 Å². The monoisotopic (exact) mass is 510 g/mol. The normalized spacial score (nSPS) is 12.7. The lowest BCUT2D eigenvalue weighted by Crippen LogP contribution is -2.51. The second-order valence-corrected chi connectivity index (χ2v) is 9.66. The van der Waals surface area contributed by atoms with Crippen LogP contribution in [0.4, 0.5) is 0 Å². The maximum Gasteiger partial charge on any atom is 0.243 e. The van der Waals surface area contributed by atoms with Gasteiger partial charge in [0.25, 0.3) is 0 Å². The molecule has 180 valence electrons. The average molecular weight is 512 g/mol. The molecule has 2 aromatic carbocycles. The van der Waals surface area contributed by atoms with E-state index in [4.69, 9.17) is 27.9 Å². The number of ether oxygens (including phenoxy) is 1. The fourth-order valence-corrected chi connectivity index (χ4v) is 4.48. The van der Waals surface area contributed by atoms with E-state index in [1.54, 1.807) is 18.1 Å². The van der Waals surface area contributed by atoms with Crippen molar-refractivity contribution in [2.24, 2.45) is 0 Å². The second-order valence-electron chi connectivity index (χ2n) is 7.86. The van der Waals surface area contributed by atoms with Crippen LogP contribution in [0.2, 0.25) is 10.0 Å². The minimum absolute atomic E-state index is 0.0457. The quantitative estimate of drug-likeness (QED) is 0.382. The first-order valence-electron chi connectivity index (χ1n) is 11.0. The van der Waals surface area contributed by atoms with E-state index in [1.807, 2.05) is 57.2 Å². The summed E-state index contributed by atoms with van der Waals surface area (Å²) < 4.78 is 5.32. The highest BCUT2D eigenvalue weighted by atomic mass is 35.5. The molecule has 0 saturated carbocycles. The summed E-state index contributed by atoms with van der Waals surface area (Å²) in [5.74, 6) is 1.36. The van der Waals surface area contributed by atoms with Crippen LogP contribution in [0, 0.1) is 0 Å². The minimum atomic E-state index is -0.553. The minimum Gasteiger partial charge on any atom is -0.497 e. The molecule has 0 aliphatic rings. The fraction of sp³-hybridized carbons (Fsp3) is 0.440. The fourth-order valence-electron chi connectivity index (χ4n) is 3.30. The number of benzene rings is 2. The molecule has 5 nitrogen and oxygen atoms in total. The molecule has 0 spiro atoms. The van der Waals surface area contributed by atoms with Crippen LogP contribution in [-0.2, 0) is 21.9 Å². The SMILES string of the molecule is CC[C@@H](C)NC(=O)[C@H](CC)N(Cc1cccc(OC)c1)C(=O)CSCc1ccc(Cl)c(Cl)c1. The molecule has 2 rings (SSSR count). The maximum absolute atomic E-state index is 13.3. The molecule has 0 heterocycles. The van der Waals surface area contributed by atoms with Gasteiger partial charge in [-0.25, -0.2) is 0 Å². The van der Waals surface area contributed by atoms with E-state index in [9.17, 15) is 9.59 Å². The van der Waals surface area contributed by atoms with E-state index in [0.717, 1.165) is 17.5 Å². The lowest BCUT2D eigenvalue weighted by atomic mass is 10.1. The predicted molar refractivity (Wildman–Crippen MR) is 138 cm³/mol. The second kappa shape index (κ2) is 13.7. The maximum atomic E-state index is 13.3. The van der Waals surface area contributed by atoms with Gasteiger partial charge in [-0.15, -0.1) is 11.8 Å². The molecule has 2 amide bonds. The number of hydrogen-bond acceptors (Lipinski definition) is 4. The van der Waals surface area contributed by atoms with E-state index < -0.39 is 6.04 Å². The average Bonchev–Trinajstić information content (AvgIpc) is 2.81. The summed E-state index contributed by atoms with van der Waals surface area (Å²) in [5, 5.41) is 4.02. The van der Waals surface area contributed by atoms with E-state index in [1.165, 1.54) is 11.8 Å². The van der Waals surface area contributed by atoms with Gasteiger partial charge in [0.05, 0.1) is 22.9 Å². The van der Waals surface area contributed by atoms with Crippen LogP contribution in [0.1, 0.15) is 44.7 Å². The summed E-state index contributed by atoms with van der Waals surface area (Å²) in [6.45, 7) is 6.24. The Labute approximate surface area is 211 Å². The number of halogens is 2. The van der Waals surface area contributed by atoms with E-state index in [-0.39, 0.29) is 23.6 Å². The third kappa shape index (κ3) is 8.43. The molecule has 0 aliphatic heterocycles. The lowest BCUT2D eigenvalue weighted by molar-refractivity contribution is -0.139. The number of rotatable bonds is 12. The number of carbonyl (C=O) groups is 2. The smallest absolute Gasteiger partial charge is 0.243 e. The Morgan fingerprint density at radius 3 is 2.45 bits per heavy atom. The number of hydrogen-bond donors (Lipinski definition) is 1. The Kier molecular flexibility index (Phi) is 11.4. The first-order chi connectivity index (χ1) is 15.8. The first-order valence-corrected chi connectivity index (χ1v) is 12.9. The summed E-state index contributed by atoms with van der Waals surface area (Å²) in [6, 6.07) is 12.5. The third-order valence-electron chi connectivity index (χ3n) is 5.35. The van der Waals surface area contributed by atoms with Crippen LogP contribution in [0.15, 0.2) is 42.5 Å². The van der Waals surface area contributed by atoms with Gasteiger partial charge < -0.3 is 15.0 Å². The Morgan fingerprint density at radius 2 is 1.82 bits per heavy atom. The Hall–Kier alpha value is -1.89.